The molecule has 0 bridgehead atoms. The smallest absolute Gasteiger partial charge is 0.311 e. The average molecular weight is 294 g/mol. The van der Waals surface area contributed by atoms with Gasteiger partial charge in [0.15, 0.2) is 0 Å². The van der Waals surface area contributed by atoms with Crippen LogP contribution < -0.4 is 0 Å². The Kier molecular flexibility index (Phi) is 3.74. The molecule has 0 radical (unpaired) electrons. The summed E-state index contributed by atoms with van der Waals surface area (Å²) in [4.78, 5) is 13.9. The van der Waals surface area contributed by atoms with E-state index in [2.05, 4.69) is 4.90 Å². The van der Waals surface area contributed by atoms with Gasteiger partial charge in [-0.3, -0.25) is 4.79 Å². The van der Waals surface area contributed by atoms with Gasteiger partial charge in [-0.1, -0.05) is 30.2 Å². The Morgan fingerprint density at radius 2 is 2.15 bits per heavy atom. The van der Waals surface area contributed by atoms with Crippen LogP contribution in [0.3, 0.4) is 0 Å². The topological polar surface area (TPSA) is 40.5 Å². The van der Waals surface area contributed by atoms with Gasteiger partial charge in [0.05, 0.1) is 5.41 Å². The van der Waals surface area contributed by atoms with Crippen LogP contribution >= 0.6 is 11.6 Å². The van der Waals surface area contributed by atoms with Gasteiger partial charge in [-0.2, -0.15) is 0 Å². The third kappa shape index (κ3) is 2.45. The lowest BCUT2D eigenvalue weighted by molar-refractivity contribution is -0.149. The summed E-state index contributed by atoms with van der Waals surface area (Å²) in [5.41, 5.74) is 0.802. The monoisotopic (exact) mass is 293 g/mol. The van der Waals surface area contributed by atoms with Crippen LogP contribution in [0.25, 0.3) is 0 Å². The highest BCUT2D eigenvalue weighted by atomic mass is 35.5. The van der Waals surface area contributed by atoms with Gasteiger partial charge in [0, 0.05) is 24.7 Å². The molecular formula is C16H20ClNO2. The minimum absolute atomic E-state index is 0.352. The van der Waals surface area contributed by atoms with E-state index in [-0.39, 0.29) is 0 Å². The first-order valence-corrected chi connectivity index (χ1v) is 7.68. The summed E-state index contributed by atoms with van der Waals surface area (Å²) >= 11 is 5.88. The number of carbonyl (C=O) groups is 1. The Morgan fingerprint density at radius 1 is 1.40 bits per heavy atom. The Hall–Kier alpha value is -1.06. The van der Waals surface area contributed by atoms with E-state index in [4.69, 9.17) is 11.6 Å². The molecule has 2 atom stereocenters. The van der Waals surface area contributed by atoms with Crippen molar-refractivity contribution in [3.05, 3.63) is 34.9 Å². The van der Waals surface area contributed by atoms with Crippen LogP contribution in [-0.4, -0.2) is 35.6 Å². The van der Waals surface area contributed by atoms with Gasteiger partial charge in [-0.15, -0.1) is 0 Å². The third-order valence-electron chi connectivity index (χ3n) is 5.00. The highest BCUT2D eigenvalue weighted by molar-refractivity contribution is 6.30. The van der Waals surface area contributed by atoms with E-state index in [1.165, 1.54) is 5.56 Å². The zero-order chi connectivity index (χ0) is 14.2. The summed E-state index contributed by atoms with van der Waals surface area (Å²) in [5.74, 6) is -0.237. The number of nitrogens with zero attached hydrogens (tertiary/aromatic N) is 1. The van der Waals surface area contributed by atoms with Gasteiger partial charge >= 0.3 is 5.97 Å². The summed E-state index contributed by atoms with van der Waals surface area (Å²) in [6.45, 7) is 2.60. The van der Waals surface area contributed by atoms with E-state index in [0.717, 1.165) is 50.3 Å². The fourth-order valence-corrected chi connectivity index (χ4v) is 3.98. The molecule has 1 aromatic rings. The molecule has 1 N–H and O–H groups in total. The third-order valence-corrected chi connectivity index (χ3v) is 5.25. The fourth-order valence-electron chi connectivity index (χ4n) is 3.85. The van der Waals surface area contributed by atoms with E-state index in [0.29, 0.717) is 5.92 Å². The SMILES string of the molecule is O=C(O)[C@@]12CCC[C@H]1CN(CCc1ccc(Cl)cc1)C2. The first kappa shape index (κ1) is 13.9. The molecular weight excluding hydrogens is 274 g/mol. The van der Waals surface area contributed by atoms with Gasteiger partial charge < -0.3 is 10.0 Å². The summed E-state index contributed by atoms with van der Waals surface area (Å²) in [5, 5.41) is 10.3. The maximum absolute atomic E-state index is 11.6. The van der Waals surface area contributed by atoms with Crippen molar-refractivity contribution in [3.8, 4) is 0 Å². The number of benzene rings is 1. The van der Waals surface area contributed by atoms with Gasteiger partial charge in [-0.05, 0) is 42.9 Å². The number of aliphatic carboxylic acids is 1. The molecule has 1 aliphatic heterocycles. The molecule has 2 aliphatic rings. The van der Waals surface area contributed by atoms with E-state index in [9.17, 15) is 9.90 Å². The molecule has 3 nitrogen and oxygen atoms in total. The Labute approximate surface area is 124 Å². The molecule has 0 spiro atoms. The molecule has 108 valence electrons. The lowest BCUT2D eigenvalue weighted by atomic mass is 9.81. The van der Waals surface area contributed by atoms with E-state index < -0.39 is 11.4 Å². The number of likely N-dealkylation sites (tertiary alicyclic amines) is 1. The maximum Gasteiger partial charge on any atom is 0.311 e. The van der Waals surface area contributed by atoms with E-state index in [1.54, 1.807) is 0 Å². The van der Waals surface area contributed by atoms with Crippen molar-refractivity contribution in [1.29, 1.82) is 0 Å². The highest BCUT2D eigenvalue weighted by Gasteiger charge is 2.54. The Bertz CT molecular complexity index is 502. The van der Waals surface area contributed by atoms with Crippen LogP contribution in [0.2, 0.25) is 5.02 Å². The van der Waals surface area contributed by atoms with Crippen molar-refractivity contribution >= 4 is 17.6 Å². The number of halogens is 1. The van der Waals surface area contributed by atoms with Crippen LogP contribution in [0.15, 0.2) is 24.3 Å². The van der Waals surface area contributed by atoms with Crippen LogP contribution in [0, 0.1) is 11.3 Å². The predicted octanol–water partition coefficient (Wildman–Crippen LogP) is 3.07. The van der Waals surface area contributed by atoms with Gasteiger partial charge in [-0.25, -0.2) is 0 Å². The average Bonchev–Trinajstić information content (AvgIpc) is 2.95. The second-order valence-electron chi connectivity index (χ2n) is 6.16. The second kappa shape index (κ2) is 5.38. The minimum atomic E-state index is -0.589. The van der Waals surface area contributed by atoms with Gasteiger partial charge in [0.25, 0.3) is 0 Å². The number of fused-ring (bicyclic) bond motifs is 1. The van der Waals surface area contributed by atoms with E-state index >= 15 is 0 Å². The van der Waals surface area contributed by atoms with Crippen LogP contribution in [0.5, 0.6) is 0 Å². The highest BCUT2D eigenvalue weighted by Crippen LogP contribution is 2.48. The van der Waals surface area contributed by atoms with Crippen molar-refractivity contribution in [2.75, 3.05) is 19.6 Å². The molecule has 0 unspecified atom stereocenters. The summed E-state index contributed by atoms with van der Waals surface area (Å²) in [6, 6.07) is 7.92. The zero-order valence-electron chi connectivity index (χ0n) is 11.5. The Balaban J connectivity index is 1.60. The van der Waals surface area contributed by atoms with Crippen LogP contribution in [0.4, 0.5) is 0 Å². The summed E-state index contributed by atoms with van der Waals surface area (Å²) in [6.07, 6.45) is 3.95. The fraction of sp³-hybridized carbons (Fsp3) is 0.562. The molecule has 20 heavy (non-hydrogen) atoms. The number of hydrogen-bond acceptors (Lipinski definition) is 2. The van der Waals surface area contributed by atoms with Crippen molar-refractivity contribution in [2.45, 2.75) is 25.7 Å². The van der Waals surface area contributed by atoms with Gasteiger partial charge in [0.1, 0.15) is 0 Å². The first-order valence-electron chi connectivity index (χ1n) is 7.30. The van der Waals surface area contributed by atoms with Gasteiger partial charge in [0.2, 0.25) is 0 Å². The molecule has 1 aliphatic carbocycles. The summed E-state index contributed by atoms with van der Waals surface area (Å²) in [7, 11) is 0. The molecule has 3 rings (SSSR count). The standard InChI is InChI=1S/C16H20ClNO2/c17-14-5-3-12(4-6-14)7-9-18-10-13-2-1-8-16(13,11-18)15(19)20/h3-6,13H,1-2,7-11H2,(H,19,20)/t13-,16+/m0/s1. The number of rotatable bonds is 4. The van der Waals surface area contributed by atoms with Crippen molar-refractivity contribution in [3.63, 3.8) is 0 Å². The zero-order valence-corrected chi connectivity index (χ0v) is 12.3. The minimum Gasteiger partial charge on any atom is -0.481 e. The van der Waals surface area contributed by atoms with E-state index in [1.807, 2.05) is 24.3 Å². The van der Waals surface area contributed by atoms with Crippen molar-refractivity contribution in [2.24, 2.45) is 11.3 Å². The quantitative estimate of drug-likeness (QED) is 0.927. The number of hydrogen-bond donors (Lipinski definition) is 1. The maximum atomic E-state index is 11.6. The lowest BCUT2D eigenvalue weighted by Crippen LogP contribution is -2.36. The Morgan fingerprint density at radius 3 is 2.80 bits per heavy atom. The molecule has 0 amide bonds. The molecule has 1 aromatic carbocycles. The molecule has 1 saturated heterocycles. The number of carboxylic acids is 1. The molecule has 2 fully saturated rings. The predicted molar refractivity (Wildman–Crippen MR) is 79.0 cm³/mol. The van der Waals surface area contributed by atoms with Crippen molar-refractivity contribution < 1.29 is 9.90 Å². The van der Waals surface area contributed by atoms with Crippen molar-refractivity contribution in [1.82, 2.24) is 4.90 Å². The largest absolute Gasteiger partial charge is 0.481 e. The molecule has 0 aromatic heterocycles. The lowest BCUT2D eigenvalue weighted by Gasteiger charge is -2.23. The number of carboxylic acid groups (broad SMARTS) is 1. The second-order valence-corrected chi connectivity index (χ2v) is 6.60. The normalized spacial score (nSPS) is 29.6. The molecule has 1 heterocycles. The van der Waals surface area contributed by atoms with Crippen LogP contribution in [0.1, 0.15) is 24.8 Å². The summed E-state index contributed by atoms with van der Waals surface area (Å²) < 4.78 is 0. The first-order chi connectivity index (χ1) is 9.60. The molecule has 1 saturated carbocycles. The molecule has 4 heteroatoms. The van der Waals surface area contributed by atoms with Crippen LogP contribution in [-0.2, 0) is 11.2 Å².